The monoisotopic (exact) mass is 453 g/mol. The number of esters is 1. The lowest BCUT2D eigenvalue weighted by Gasteiger charge is -2.24. The first kappa shape index (κ1) is 21.4. The molecule has 0 aliphatic carbocycles. The lowest BCUT2D eigenvalue weighted by Crippen LogP contribution is -2.35. The Labute approximate surface area is 177 Å². The van der Waals surface area contributed by atoms with E-state index >= 15 is 0 Å². The minimum atomic E-state index is -3.85. The second kappa shape index (κ2) is 8.39. The van der Waals surface area contributed by atoms with Gasteiger partial charge in [-0.1, -0.05) is 18.6 Å². The molecular weight excluding hydrogens is 432 g/mol. The maximum atomic E-state index is 13.6. The summed E-state index contributed by atoms with van der Waals surface area (Å²) in [6, 6.07) is 8.74. The van der Waals surface area contributed by atoms with E-state index in [1.807, 2.05) is 0 Å². The van der Waals surface area contributed by atoms with Crippen molar-refractivity contribution in [2.75, 3.05) is 13.1 Å². The van der Waals surface area contributed by atoms with Crippen LogP contribution in [0.1, 0.15) is 55.2 Å². The molecule has 0 saturated carbocycles. The van der Waals surface area contributed by atoms with Crippen molar-refractivity contribution in [2.45, 2.75) is 43.9 Å². The molecule has 1 fully saturated rings. The minimum absolute atomic E-state index is 0.128. The Kier molecular flexibility index (Phi) is 5.80. The second-order valence-corrected chi connectivity index (χ2v) is 9.11. The summed E-state index contributed by atoms with van der Waals surface area (Å²) < 4.78 is 65.1. The molecule has 0 bridgehead atoms. The molecule has 1 aliphatic rings. The summed E-state index contributed by atoms with van der Waals surface area (Å²) in [5.74, 6) is -1.43. The Balaban J connectivity index is 1.54. The molecule has 2 aromatic heterocycles. The number of carbonyl (C=O) groups is 1. The van der Waals surface area contributed by atoms with E-state index in [4.69, 9.17) is 9.15 Å². The van der Waals surface area contributed by atoms with E-state index in [2.05, 4.69) is 4.98 Å². The number of carbonyl (C=O) groups excluding carboxylic acids is 1. The number of hydrogen-bond acceptors (Lipinski definition) is 6. The molecule has 166 valence electrons. The van der Waals surface area contributed by atoms with Gasteiger partial charge in [-0.2, -0.15) is 13.1 Å². The first-order valence-electron chi connectivity index (χ1n) is 9.85. The van der Waals surface area contributed by atoms with Gasteiger partial charge in [-0.15, -0.1) is 0 Å². The predicted octanol–water partition coefficient (Wildman–Crippen LogP) is 4.12. The van der Waals surface area contributed by atoms with Gasteiger partial charge in [0.05, 0.1) is 11.0 Å². The third kappa shape index (κ3) is 4.07. The summed E-state index contributed by atoms with van der Waals surface area (Å²) in [5.41, 5.74) is 0.553. The Morgan fingerprint density at radius 3 is 2.55 bits per heavy atom. The van der Waals surface area contributed by atoms with Crippen LogP contribution in [0.25, 0.3) is 11.0 Å². The third-order valence-electron chi connectivity index (χ3n) is 5.16. The van der Waals surface area contributed by atoms with Crippen molar-refractivity contribution >= 4 is 27.0 Å². The van der Waals surface area contributed by atoms with Crippen LogP contribution in [0.4, 0.5) is 8.78 Å². The van der Waals surface area contributed by atoms with E-state index in [0.29, 0.717) is 23.2 Å². The average Bonchev–Trinajstić information content (AvgIpc) is 3.40. The Morgan fingerprint density at radius 2 is 1.84 bits per heavy atom. The van der Waals surface area contributed by atoms with Gasteiger partial charge in [-0.3, -0.25) is 4.57 Å². The quantitative estimate of drug-likeness (QED) is 0.521. The van der Waals surface area contributed by atoms with Crippen molar-refractivity contribution in [2.24, 2.45) is 0 Å². The number of hydrogen-bond donors (Lipinski definition) is 0. The summed E-state index contributed by atoms with van der Waals surface area (Å²) in [6.45, 7) is -0.687. The first-order chi connectivity index (χ1) is 14.8. The number of ether oxygens (including phenoxy) is 1. The van der Waals surface area contributed by atoms with Crippen LogP contribution in [0, 0.1) is 0 Å². The summed E-state index contributed by atoms with van der Waals surface area (Å²) >= 11 is 0. The summed E-state index contributed by atoms with van der Waals surface area (Å²) in [5, 5.41) is -0.353. The van der Waals surface area contributed by atoms with Gasteiger partial charge in [0, 0.05) is 13.1 Å². The van der Waals surface area contributed by atoms with Crippen molar-refractivity contribution in [3.63, 3.8) is 0 Å². The van der Waals surface area contributed by atoms with Gasteiger partial charge < -0.3 is 9.15 Å². The second-order valence-electron chi connectivity index (χ2n) is 7.24. The van der Waals surface area contributed by atoms with Gasteiger partial charge in [-0.05, 0) is 44.0 Å². The molecule has 1 unspecified atom stereocenters. The third-order valence-corrected chi connectivity index (χ3v) is 6.93. The lowest BCUT2D eigenvalue weighted by molar-refractivity contribution is 0.0198. The zero-order valence-electron chi connectivity index (χ0n) is 16.7. The number of fused-ring (bicyclic) bond motifs is 1. The van der Waals surface area contributed by atoms with E-state index in [1.54, 1.807) is 18.2 Å². The average molecular weight is 453 g/mol. The van der Waals surface area contributed by atoms with Crippen LogP contribution in [-0.4, -0.2) is 41.3 Å². The molecular formula is C20H21F2N3O5S. The Morgan fingerprint density at radius 1 is 1.13 bits per heavy atom. The minimum Gasteiger partial charge on any atom is -0.449 e. The van der Waals surface area contributed by atoms with Crippen LogP contribution in [0.3, 0.4) is 0 Å². The number of alkyl halides is 2. The highest BCUT2D eigenvalue weighted by Crippen LogP contribution is 2.29. The molecule has 31 heavy (non-hydrogen) atoms. The predicted molar refractivity (Wildman–Crippen MR) is 106 cm³/mol. The maximum absolute atomic E-state index is 13.6. The van der Waals surface area contributed by atoms with Gasteiger partial charge in [0.1, 0.15) is 0 Å². The van der Waals surface area contributed by atoms with E-state index in [0.717, 1.165) is 19.3 Å². The number of imidazole rings is 1. The van der Waals surface area contributed by atoms with E-state index < -0.39 is 28.6 Å². The molecule has 1 atom stereocenters. The number of para-hydroxylation sites is 2. The molecule has 8 nitrogen and oxygen atoms in total. The van der Waals surface area contributed by atoms with Crippen molar-refractivity contribution in [3.05, 3.63) is 48.0 Å². The molecule has 1 saturated heterocycles. The number of furan rings is 1. The van der Waals surface area contributed by atoms with E-state index in [-0.39, 0.29) is 22.2 Å². The fourth-order valence-electron chi connectivity index (χ4n) is 3.63. The smallest absolute Gasteiger partial charge is 0.374 e. The molecule has 0 amide bonds. The Bertz CT molecular complexity index is 1200. The highest BCUT2D eigenvalue weighted by molar-refractivity contribution is 7.89. The van der Waals surface area contributed by atoms with Crippen LogP contribution in [0.2, 0.25) is 0 Å². The standard InChI is InChI=1S/C20H21F2N3O5S/c1-13(18-23-14-7-3-4-8-15(14)25(18)20(21)22)29-19(26)16-9-10-17(30-16)31(27,28)24-11-5-2-6-12-24/h3-4,7-10,13,20H,2,5-6,11-12H2,1H3. The highest BCUT2D eigenvalue weighted by atomic mass is 32.2. The number of sulfonamides is 1. The van der Waals surface area contributed by atoms with Gasteiger partial charge in [-0.25, -0.2) is 18.2 Å². The molecule has 0 spiro atoms. The molecule has 11 heteroatoms. The topological polar surface area (TPSA) is 94.6 Å². The SMILES string of the molecule is CC(OC(=O)c1ccc(S(=O)(=O)N2CCCCC2)o1)c1nc2ccccc2n1C(F)F. The molecule has 1 aromatic carbocycles. The number of piperidine rings is 1. The van der Waals surface area contributed by atoms with Crippen LogP contribution in [-0.2, 0) is 14.8 Å². The zero-order valence-corrected chi connectivity index (χ0v) is 17.5. The maximum Gasteiger partial charge on any atom is 0.374 e. The lowest BCUT2D eigenvalue weighted by atomic mass is 10.2. The molecule has 4 rings (SSSR count). The van der Waals surface area contributed by atoms with Crippen molar-refractivity contribution in [1.82, 2.24) is 13.9 Å². The fourth-order valence-corrected chi connectivity index (χ4v) is 5.06. The van der Waals surface area contributed by atoms with Crippen molar-refractivity contribution < 1.29 is 31.1 Å². The zero-order chi connectivity index (χ0) is 22.2. The number of halogens is 2. The van der Waals surface area contributed by atoms with Crippen molar-refractivity contribution in [1.29, 1.82) is 0 Å². The Hall–Kier alpha value is -2.79. The summed E-state index contributed by atoms with van der Waals surface area (Å²) in [6.07, 6.45) is 1.36. The largest absolute Gasteiger partial charge is 0.449 e. The van der Waals surface area contributed by atoms with Crippen LogP contribution < -0.4 is 0 Å². The van der Waals surface area contributed by atoms with Gasteiger partial charge in [0.15, 0.2) is 11.9 Å². The van der Waals surface area contributed by atoms with Gasteiger partial charge >= 0.3 is 12.5 Å². The number of nitrogens with zero attached hydrogens (tertiary/aromatic N) is 3. The summed E-state index contributed by atoms with van der Waals surface area (Å²) in [7, 11) is -3.85. The number of rotatable bonds is 6. The van der Waals surface area contributed by atoms with Crippen LogP contribution in [0.15, 0.2) is 45.9 Å². The number of aromatic nitrogens is 2. The summed E-state index contributed by atoms with van der Waals surface area (Å²) in [4.78, 5) is 16.7. The fraction of sp³-hybridized carbons (Fsp3) is 0.400. The number of benzene rings is 1. The highest BCUT2D eigenvalue weighted by Gasteiger charge is 2.31. The molecule has 0 radical (unpaired) electrons. The molecule has 0 N–H and O–H groups in total. The van der Waals surface area contributed by atoms with Crippen LogP contribution >= 0.6 is 0 Å². The van der Waals surface area contributed by atoms with Gasteiger partial charge in [0.2, 0.25) is 10.9 Å². The van der Waals surface area contributed by atoms with Crippen molar-refractivity contribution in [3.8, 4) is 0 Å². The normalized spacial score (nSPS) is 16.6. The van der Waals surface area contributed by atoms with E-state index in [9.17, 15) is 22.0 Å². The van der Waals surface area contributed by atoms with Gasteiger partial charge in [0.25, 0.3) is 10.0 Å². The molecule has 1 aliphatic heterocycles. The first-order valence-corrected chi connectivity index (χ1v) is 11.3. The molecule has 3 heterocycles. The van der Waals surface area contributed by atoms with E-state index in [1.165, 1.54) is 29.4 Å². The molecule has 3 aromatic rings. The van der Waals surface area contributed by atoms with Crippen LogP contribution in [0.5, 0.6) is 0 Å².